The van der Waals surface area contributed by atoms with E-state index in [2.05, 4.69) is 5.32 Å². The third kappa shape index (κ3) is 5.30. The lowest BCUT2D eigenvalue weighted by molar-refractivity contribution is -0.116. The van der Waals surface area contributed by atoms with Crippen LogP contribution in [-0.4, -0.2) is 20.1 Å². The van der Waals surface area contributed by atoms with Crippen molar-refractivity contribution in [3.8, 4) is 0 Å². The van der Waals surface area contributed by atoms with Gasteiger partial charge in [-0.25, -0.2) is 17.2 Å². The Kier molecular flexibility index (Phi) is 5.70. The van der Waals surface area contributed by atoms with E-state index in [1.165, 1.54) is 0 Å². The standard InChI is InChI=1S/C11H13ClF2N2O3S/c12-20(18,19)6-2-1-3-9(17)16-11-7(13)4-5-8(15)10(11)14/h4-5H,1-3,6,15H2,(H,16,17). The lowest BCUT2D eigenvalue weighted by Gasteiger charge is -2.08. The molecule has 3 N–H and O–H groups in total. The van der Waals surface area contributed by atoms with Crippen LogP contribution in [0.2, 0.25) is 0 Å². The normalized spacial score (nSPS) is 11.3. The molecule has 0 saturated carbocycles. The van der Waals surface area contributed by atoms with Crippen molar-refractivity contribution in [2.45, 2.75) is 19.3 Å². The Bertz CT molecular complexity index is 608. The number of rotatable bonds is 6. The number of anilines is 2. The fourth-order valence-corrected chi connectivity index (χ4v) is 2.32. The van der Waals surface area contributed by atoms with Crippen LogP contribution in [0.5, 0.6) is 0 Å². The number of nitrogens with two attached hydrogens (primary N) is 1. The molecule has 1 aromatic rings. The van der Waals surface area contributed by atoms with Gasteiger partial charge in [0.15, 0.2) is 5.82 Å². The highest BCUT2D eigenvalue weighted by molar-refractivity contribution is 8.13. The molecule has 1 amide bonds. The first-order chi connectivity index (χ1) is 9.20. The van der Waals surface area contributed by atoms with Gasteiger partial charge in [0.05, 0.1) is 11.4 Å². The summed E-state index contributed by atoms with van der Waals surface area (Å²) in [5.74, 6) is -2.88. The molecule has 1 aromatic carbocycles. The molecule has 0 fully saturated rings. The summed E-state index contributed by atoms with van der Waals surface area (Å²) in [5.41, 5.74) is 4.37. The zero-order chi connectivity index (χ0) is 15.3. The summed E-state index contributed by atoms with van der Waals surface area (Å²) >= 11 is 0. The van der Waals surface area contributed by atoms with E-state index in [4.69, 9.17) is 16.4 Å². The number of halogens is 3. The Labute approximate surface area is 119 Å². The van der Waals surface area contributed by atoms with Gasteiger partial charge in [-0.1, -0.05) is 0 Å². The monoisotopic (exact) mass is 326 g/mol. The van der Waals surface area contributed by atoms with Crippen LogP contribution in [0.3, 0.4) is 0 Å². The highest BCUT2D eigenvalue weighted by atomic mass is 35.7. The summed E-state index contributed by atoms with van der Waals surface area (Å²) in [7, 11) is 1.40. The molecule has 5 nitrogen and oxygen atoms in total. The second-order valence-corrected chi connectivity index (χ2v) is 6.97. The van der Waals surface area contributed by atoms with Gasteiger partial charge in [-0.3, -0.25) is 4.79 Å². The summed E-state index contributed by atoms with van der Waals surface area (Å²) in [6.45, 7) is 0. The summed E-state index contributed by atoms with van der Waals surface area (Å²) in [4.78, 5) is 11.5. The molecular weight excluding hydrogens is 314 g/mol. The average Bonchev–Trinajstić information content (AvgIpc) is 2.34. The van der Waals surface area contributed by atoms with Gasteiger partial charge in [0.2, 0.25) is 15.0 Å². The van der Waals surface area contributed by atoms with Gasteiger partial charge in [-0.15, -0.1) is 0 Å². The number of hydrogen-bond donors (Lipinski definition) is 2. The van der Waals surface area contributed by atoms with Gasteiger partial charge in [0.25, 0.3) is 0 Å². The van der Waals surface area contributed by atoms with E-state index in [1.54, 1.807) is 0 Å². The van der Waals surface area contributed by atoms with Crippen molar-refractivity contribution in [2.24, 2.45) is 0 Å². The molecule has 0 radical (unpaired) electrons. The molecule has 0 unspecified atom stereocenters. The molecule has 0 aliphatic heterocycles. The lowest BCUT2D eigenvalue weighted by Crippen LogP contribution is -2.14. The highest BCUT2D eigenvalue weighted by Crippen LogP contribution is 2.23. The first-order valence-corrected chi connectivity index (χ1v) is 8.14. The van der Waals surface area contributed by atoms with E-state index in [0.29, 0.717) is 0 Å². The molecule has 0 aliphatic carbocycles. The van der Waals surface area contributed by atoms with Crippen molar-refractivity contribution >= 4 is 37.0 Å². The first kappa shape index (κ1) is 16.6. The number of benzene rings is 1. The van der Waals surface area contributed by atoms with E-state index in [9.17, 15) is 22.0 Å². The molecule has 20 heavy (non-hydrogen) atoms. The molecule has 0 heterocycles. The largest absolute Gasteiger partial charge is 0.396 e. The van der Waals surface area contributed by atoms with Crippen molar-refractivity contribution < 1.29 is 22.0 Å². The molecule has 0 aliphatic rings. The SMILES string of the molecule is Nc1ccc(F)c(NC(=O)CCCCS(=O)(=O)Cl)c1F. The second-order valence-electron chi connectivity index (χ2n) is 4.07. The number of unbranched alkanes of at least 4 members (excludes halogenated alkanes) is 1. The third-order valence-electron chi connectivity index (χ3n) is 2.43. The van der Waals surface area contributed by atoms with Crippen LogP contribution in [-0.2, 0) is 13.8 Å². The van der Waals surface area contributed by atoms with Crippen molar-refractivity contribution in [3.63, 3.8) is 0 Å². The maximum Gasteiger partial charge on any atom is 0.232 e. The quantitative estimate of drug-likeness (QED) is 0.476. The Morgan fingerprint density at radius 2 is 1.95 bits per heavy atom. The molecule has 0 aromatic heterocycles. The molecule has 0 spiro atoms. The van der Waals surface area contributed by atoms with E-state index < -0.39 is 32.3 Å². The minimum atomic E-state index is -3.60. The first-order valence-electron chi connectivity index (χ1n) is 5.66. The molecule has 112 valence electrons. The predicted molar refractivity (Wildman–Crippen MR) is 72.9 cm³/mol. The molecule has 9 heteroatoms. The van der Waals surface area contributed by atoms with Crippen LogP contribution < -0.4 is 11.1 Å². The van der Waals surface area contributed by atoms with Gasteiger partial charge < -0.3 is 11.1 Å². The van der Waals surface area contributed by atoms with E-state index >= 15 is 0 Å². The lowest BCUT2D eigenvalue weighted by atomic mass is 10.2. The number of hydrogen-bond acceptors (Lipinski definition) is 4. The minimum absolute atomic E-state index is 0.0832. The zero-order valence-corrected chi connectivity index (χ0v) is 11.9. The molecular formula is C11H13ClF2N2O3S. The molecule has 0 bridgehead atoms. The van der Waals surface area contributed by atoms with Crippen molar-refractivity contribution in [2.75, 3.05) is 16.8 Å². The fraction of sp³-hybridized carbons (Fsp3) is 0.364. The van der Waals surface area contributed by atoms with E-state index in [1.807, 2.05) is 0 Å². The van der Waals surface area contributed by atoms with Gasteiger partial charge in [0, 0.05) is 17.1 Å². The maximum atomic E-state index is 13.5. The summed E-state index contributed by atoms with van der Waals surface area (Å²) < 4.78 is 48.1. The van der Waals surface area contributed by atoms with Crippen molar-refractivity contribution in [1.29, 1.82) is 0 Å². The summed E-state index contributed by atoms with van der Waals surface area (Å²) in [6.07, 6.45) is 0.324. The molecule has 0 atom stereocenters. The molecule has 0 saturated heterocycles. The molecule has 1 rings (SSSR count). The Morgan fingerprint density at radius 1 is 1.30 bits per heavy atom. The van der Waals surface area contributed by atoms with Gasteiger partial charge in [0.1, 0.15) is 11.5 Å². The smallest absolute Gasteiger partial charge is 0.232 e. The van der Waals surface area contributed by atoms with Gasteiger partial charge in [-0.05, 0) is 25.0 Å². The zero-order valence-electron chi connectivity index (χ0n) is 10.3. The van der Waals surface area contributed by atoms with Crippen LogP contribution in [0.15, 0.2) is 12.1 Å². The van der Waals surface area contributed by atoms with Crippen LogP contribution in [0.1, 0.15) is 19.3 Å². The van der Waals surface area contributed by atoms with Gasteiger partial charge in [-0.2, -0.15) is 0 Å². The number of nitrogen functional groups attached to an aromatic ring is 1. The Balaban J connectivity index is 2.53. The predicted octanol–water partition coefficient (Wildman–Crippen LogP) is 2.22. The minimum Gasteiger partial charge on any atom is -0.396 e. The van der Waals surface area contributed by atoms with Crippen molar-refractivity contribution in [3.05, 3.63) is 23.8 Å². The number of carbonyl (C=O) groups excluding carboxylic acids is 1. The fourth-order valence-electron chi connectivity index (χ4n) is 1.45. The van der Waals surface area contributed by atoms with Crippen LogP contribution in [0.4, 0.5) is 20.2 Å². The third-order valence-corrected chi connectivity index (χ3v) is 3.67. The van der Waals surface area contributed by atoms with Crippen LogP contribution in [0, 0.1) is 11.6 Å². The summed E-state index contributed by atoms with van der Waals surface area (Å²) in [6, 6.07) is 1.99. The van der Waals surface area contributed by atoms with Crippen LogP contribution >= 0.6 is 10.7 Å². The van der Waals surface area contributed by atoms with E-state index in [-0.39, 0.29) is 30.7 Å². The van der Waals surface area contributed by atoms with Gasteiger partial charge >= 0.3 is 0 Å². The summed E-state index contributed by atoms with van der Waals surface area (Å²) in [5, 5.41) is 2.07. The average molecular weight is 327 g/mol. The Morgan fingerprint density at radius 3 is 2.55 bits per heavy atom. The number of amides is 1. The number of carbonyl (C=O) groups is 1. The Hall–Kier alpha value is -1.41. The highest BCUT2D eigenvalue weighted by Gasteiger charge is 2.15. The topological polar surface area (TPSA) is 89.3 Å². The van der Waals surface area contributed by atoms with E-state index in [0.717, 1.165) is 12.1 Å². The second kappa shape index (κ2) is 6.85. The van der Waals surface area contributed by atoms with Crippen LogP contribution in [0.25, 0.3) is 0 Å². The number of nitrogens with one attached hydrogen (secondary N) is 1. The maximum absolute atomic E-state index is 13.5. The van der Waals surface area contributed by atoms with Crippen molar-refractivity contribution in [1.82, 2.24) is 0 Å².